The Balaban J connectivity index is 1.02. The summed E-state index contributed by atoms with van der Waals surface area (Å²) in [5.74, 6) is 5.31. The van der Waals surface area contributed by atoms with Crippen molar-refractivity contribution in [1.29, 1.82) is 0 Å². The van der Waals surface area contributed by atoms with Crippen molar-refractivity contribution < 1.29 is 0 Å². The fourth-order valence-electron chi connectivity index (χ4n) is 12.6. The molecule has 5 aliphatic carbocycles. The lowest BCUT2D eigenvalue weighted by Gasteiger charge is -2.61. The molecule has 3 nitrogen and oxygen atoms in total. The molecule has 58 heavy (non-hydrogen) atoms. The molecule has 5 aliphatic rings. The second kappa shape index (κ2) is 11.7. The first-order valence-electron chi connectivity index (χ1n) is 20.9. The van der Waals surface area contributed by atoms with E-state index in [1.165, 1.54) is 99.9 Å². The zero-order valence-corrected chi connectivity index (χ0v) is 33.4. The quantitative estimate of drug-likeness (QED) is 0.179. The summed E-state index contributed by atoms with van der Waals surface area (Å²) in [6, 6.07) is 52.0. The van der Waals surface area contributed by atoms with Gasteiger partial charge >= 0.3 is 0 Å². The van der Waals surface area contributed by atoms with Crippen LogP contribution in [0.1, 0.15) is 43.2 Å². The van der Waals surface area contributed by atoms with Crippen LogP contribution < -0.4 is 0 Å². The van der Waals surface area contributed by atoms with E-state index in [0.717, 1.165) is 46.0 Å². The van der Waals surface area contributed by atoms with Gasteiger partial charge in [0.2, 0.25) is 0 Å². The zero-order valence-electron chi connectivity index (χ0n) is 31.8. The summed E-state index contributed by atoms with van der Waals surface area (Å²) in [5, 5.41) is 7.75. The average Bonchev–Trinajstić information content (AvgIpc) is 3.92. The van der Waals surface area contributed by atoms with Crippen molar-refractivity contribution in [3.05, 3.63) is 151 Å². The molecule has 4 bridgehead atoms. The highest BCUT2D eigenvalue weighted by molar-refractivity contribution is 7.26. The van der Waals surface area contributed by atoms with Gasteiger partial charge in [-0.25, -0.2) is 15.0 Å². The molecular weight excluding hydrogens is 743 g/mol. The molecule has 276 valence electrons. The van der Waals surface area contributed by atoms with Crippen LogP contribution in [0.15, 0.2) is 140 Å². The van der Waals surface area contributed by atoms with Crippen molar-refractivity contribution in [3.8, 4) is 45.3 Å². The molecule has 7 aromatic carbocycles. The van der Waals surface area contributed by atoms with E-state index >= 15 is 0 Å². The normalized spacial score (nSPS) is 22.9. The molecule has 3 aromatic heterocycles. The molecule has 0 radical (unpaired) electrons. The van der Waals surface area contributed by atoms with Gasteiger partial charge in [-0.1, -0.05) is 97.1 Å². The molecule has 5 heteroatoms. The fourth-order valence-corrected chi connectivity index (χ4v) is 15.0. The van der Waals surface area contributed by atoms with Gasteiger partial charge in [-0.15, -0.1) is 22.7 Å². The topological polar surface area (TPSA) is 38.7 Å². The number of benzene rings is 7. The number of aromatic nitrogens is 3. The van der Waals surface area contributed by atoms with Crippen LogP contribution in [-0.4, -0.2) is 15.0 Å². The van der Waals surface area contributed by atoms with E-state index in [0.29, 0.717) is 11.8 Å². The first-order valence-corrected chi connectivity index (χ1v) is 22.6. The van der Waals surface area contributed by atoms with Gasteiger partial charge in [0.15, 0.2) is 17.5 Å². The van der Waals surface area contributed by atoms with E-state index in [2.05, 4.69) is 140 Å². The van der Waals surface area contributed by atoms with Gasteiger partial charge in [-0.3, -0.25) is 0 Å². The number of hydrogen-bond acceptors (Lipinski definition) is 5. The second-order valence-corrected chi connectivity index (χ2v) is 19.7. The highest BCUT2D eigenvalue weighted by Gasteiger charge is 2.61. The minimum Gasteiger partial charge on any atom is -0.208 e. The third kappa shape index (κ3) is 4.31. The Morgan fingerprint density at radius 1 is 0.414 bits per heavy atom. The molecule has 0 unspecified atom stereocenters. The van der Waals surface area contributed by atoms with Crippen molar-refractivity contribution in [2.75, 3.05) is 0 Å². The van der Waals surface area contributed by atoms with Gasteiger partial charge in [0.05, 0.1) is 0 Å². The number of fused-ring (bicyclic) bond motifs is 10. The standard InChI is InChI=1S/C53H37N3S2/c1-2-10-32-27-45-43(26-31(32)9-1)36-20-19-33(28-44(36)53(45)34-22-29-21-30(24-34)25-35(53)23-29)50-54-51(41-15-7-13-39-37-11-3-5-17-46(37)57-48(39)41)56-52(55-50)42-16-8-14-40-38-12-4-6-18-47(38)58-49(40)42/h1-20,26-30,34-35H,21-25H2. The first-order chi connectivity index (χ1) is 28.7. The van der Waals surface area contributed by atoms with E-state index in [4.69, 9.17) is 15.0 Å². The SMILES string of the molecule is c1ccc2cc3c(cc2c1)-c1ccc(-c2nc(-c4cccc5c4sc4ccccc45)nc(-c4cccc5c4sc4ccccc45)n2)cc1C31C2CC3CC(C2)CC1C3. The molecule has 0 atom stereocenters. The molecule has 4 fully saturated rings. The van der Waals surface area contributed by atoms with Crippen LogP contribution in [0.4, 0.5) is 0 Å². The van der Waals surface area contributed by atoms with E-state index in [9.17, 15) is 0 Å². The Kier molecular flexibility index (Phi) is 6.49. The number of thiophene rings is 2. The first kappa shape index (κ1) is 32.2. The predicted molar refractivity (Wildman–Crippen MR) is 243 cm³/mol. The molecule has 15 rings (SSSR count). The number of nitrogens with zero attached hydrogens (tertiary/aromatic N) is 3. The molecule has 0 amide bonds. The Bertz CT molecular complexity index is 3230. The van der Waals surface area contributed by atoms with Crippen LogP contribution in [0.2, 0.25) is 0 Å². The van der Waals surface area contributed by atoms with E-state index in [-0.39, 0.29) is 5.41 Å². The highest BCUT2D eigenvalue weighted by atomic mass is 32.1. The Morgan fingerprint density at radius 3 is 1.55 bits per heavy atom. The highest BCUT2D eigenvalue weighted by Crippen LogP contribution is 2.69. The smallest absolute Gasteiger partial charge is 0.165 e. The summed E-state index contributed by atoms with van der Waals surface area (Å²) in [7, 11) is 0. The van der Waals surface area contributed by atoms with Gasteiger partial charge in [0.25, 0.3) is 0 Å². The molecule has 4 saturated carbocycles. The van der Waals surface area contributed by atoms with Crippen molar-refractivity contribution >= 4 is 73.8 Å². The lowest BCUT2D eigenvalue weighted by Crippen LogP contribution is -2.55. The molecule has 3 heterocycles. The van der Waals surface area contributed by atoms with Crippen molar-refractivity contribution in [1.82, 2.24) is 15.0 Å². The zero-order chi connectivity index (χ0) is 37.7. The van der Waals surface area contributed by atoms with Crippen LogP contribution >= 0.6 is 22.7 Å². The summed E-state index contributed by atoms with van der Waals surface area (Å²) >= 11 is 3.66. The number of rotatable bonds is 3. The van der Waals surface area contributed by atoms with Gasteiger partial charge in [-0.05, 0) is 131 Å². The lowest BCUT2D eigenvalue weighted by molar-refractivity contribution is -0.0398. The Labute approximate surface area is 344 Å². The summed E-state index contributed by atoms with van der Waals surface area (Å²) in [5.41, 5.74) is 9.19. The number of hydrogen-bond donors (Lipinski definition) is 0. The van der Waals surface area contributed by atoms with Gasteiger partial charge < -0.3 is 0 Å². The fraction of sp³-hybridized carbons (Fsp3) is 0.189. The van der Waals surface area contributed by atoms with Crippen LogP contribution in [0.5, 0.6) is 0 Å². The molecular formula is C53H37N3S2. The summed E-state index contributed by atoms with van der Waals surface area (Å²) in [4.78, 5) is 16.4. The monoisotopic (exact) mass is 779 g/mol. The van der Waals surface area contributed by atoms with E-state index in [1.807, 2.05) is 22.7 Å². The minimum absolute atomic E-state index is 0.0299. The summed E-state index contributed by atoms with van der Waals surface area (Å²) in [6.07, 6.45) is 6.83. The molecule has 1 spiro atoms. The van der Waals surface area contributed by atoms with Gasteiger partial charge in [0, 0.05) is 62.4 Å². The summed E-state index contributed by atoms with van der Waals surface area (Å²) in [6.45, 7) is 0. The predicted octanol–water partition coefficient (Wildman–Crippen LogP) is 14.5. The summed E-state index contributed by atoms with van der Waals surface area (Å²) < 4.78 is 4.99. The maximum Gasteiger partial charge on any atom is 0.165 e. The van der Waals surface area contributed by atoms with Crippen molar-refractivity contribution in [2.24, 2.45) is 23.7 Å². The van der Waals surface area contributed by atoms with Crippen LogP contribution in [0.25, 0.3) is 96.4 Å². The molecule has 0 saturated heterocycles. The van der Waals surface area contributed by atoms with E-state index in [1.54, 1.807) is 5.56 Å². The van der Waals surface area contributed by atoms with Gasteiger partial charge in [-0.2, -0.15) is 0 Å². The average molecular weight is 780 g/mol. The Hall–Kier alpha value is -5.75. The lowest BCUT2D eigenvalue weighted by atomic mass is 9.43. The second-order valence-electron chi connectivity index (χ2n) is 17.5. The van der Waals surface area contributed by atoms with Crippen LogP contribution in [0, 0.1) is 23.7 Å². The maximum atomic E-state index is 5.47. The van der Waals surface area contributed by atoms with E-state index < -0.39 is 0 Å². The minimum atomic E-state index is 0.0299. The molecule has 0 N–H and O–H groups in total. The van der Waals surface area contributed by atoms with Crippen LogP contribution in [0.3, 0.4) is 0 Å². The van der Waals surface area contributed by atoms with Gasteiger partial charge in [0.1, 0.15) is 0 Å². The maximum absolute atomic E-state index is 5.47. The largest absolute Gasteiger partial charge is 0.208 e. The van der Waals surface area contributed by atoms with Crippen molar-refractivity contribution in [3.63, 3.8) is 0 Å². The third-order valence-corrected chi connectivity index (χ3v) is 17.1. The van der Waals surface area contributed by atoms with Crippen LogP contribution in [-0.2, 0) is 5.41 Å². The molecule has 0 aliphatic heterocycles. The third-order valence-electron chi connectivity index (χ3n) is 14.7. The molecule has 10 aromatic rings. The van der Waals surface area contributed by atoms with Crippen molar-refractivity contribution in [2.45, 2.75) is 37.5 Å². The Morgan fingerprint density at radius 2 is 0.931 bits per heavy atom.